The topological polar surface area (TPSA) is 99.6 Å². The zero-order chi connectivity index (χ0) is 30.3. The first-order valence-corrected chi connectivity index (χ1v) is 14.8. The number of fused-ring (bicyclic) bond motifs is 1. The number of thiocarbonyl (C=S) groups is 1. The highest BCUT2D eigenvalue weighted by atomic mass is 32.1. The summed E-state index contributed by atoms with van der Waals surface area (Å²) in [6, 6.07) is 19.6. The first kappa shape index (κ1) is 30.2. The van der Waals surface area contributed by atoms with Crippen molar-refractivity contribution in [1.29, 1.82) is 0 Å². The van der Waals surface area contributed by atoms with E-state index in [1.54, 1.807) is 18.3 Å². The number of halogens is 1. The van der Waals surface area contributed by atoms with Gasteiger partial charge in [0.15, 0.2) is 16.7 Å². The minimum absolute atomic E-state index is 0.0387. The molecule has 0 aliphatic rings. The van der Waals surface area contributed by atoms with Gasteiger partial charge in [-0.2, -0.15) is 0 Å². The lowest BCUT2D eigenvalue weighted by Gasteiger charge is -2.14. The van der Waals surface area contributed by atoms with Crippen LogP contribution in [-0.4, -0.2) is 51.2 Å². The molecule has 220 valence electrons. The normalized spacial score (nSPS) is 11.1. The minimum atomic E-state index is -0.594. The van der Waals surface area contributed by atoms with E-state index in [1.165, 1.54) is 23.5 Å². The van der Waals surface area contributed by atoms with E-state index in [-0.39, 0.29) is 29.8 Å². The molecule has 5 aromatic rings. The van der Waals surface area contributed by atoms with E-state index < -0.39 is 5.82 Å². The van der Waals surface area contributed by atoms with Crippen LogP contribution in [0, 0.1) is 12.7 Å². The Balaban J connectivity index is 1.23. The van der Waals surface area contributed by atoms with E-state index in [2.05, 4.69) is 20.6 Å². The largest absolute Gasteiger partial charge is 0.453 e. The molecular formula is C32H30FN5O3S2. The fraction of sp³-hybridized carbons (Fsp3) is 0.188. The molecule has 0 atom stereocenters. The third-order valence-corrected chi connectivity index (χ3v) is 7.90. The van der Waals surface area contributed by atoms with E-state index in [0.29, 0.717) is 24.5 Å². The van der Waals surface area contributed by atoms with E-state index in [0.717, 1.165) is 37.5 Å². The number of ether oxygens (including phenoxy) is 1. The zero-order valence-electron chi connectivity index (χ0n) is 23.6. The molecule has 11 heteroatoms. The number of aryl methyl sites for hydroxylation is 1. The highest BCUT2D eigenvalue weighted by molar-refractivity contribution is 7.80. The van der Waals surface area contributed by atoms with Gasteiger partial charge in [-0.3, -0.25) is 19.7 Å². The number of rotatable bonds is 10. The number of benzene rings is 2. The summed E-state index contributed by atoms with van der Waals surface area (Å²) < 4.78 is 21.8. The van der Waals surface area contributed by atoms with Gasteiger partial charge in [0.25, 0.3) is 0 Å². The molecule has 0 bridgehead atoms. The number of amides is 1. The van der Waals surface area contributed by atoms with Crippen LogP contribution in [0.3, 0.4) is 0 Å². The molecule has 2 aromatic carbocycles. The smallest absolute Gasteiger partial charge is 0.230 e. The molecule has 5 rings (SSSR count). The van der Waals surface area contributed by atoms with Gasteiger partial charge in [-0.05, 0) is 61.6 Å². The average molecular weight is 616 g/mol. The number of aromatic nitrogens is 2. The molecule has 43 heavy (non-hydrogen) atoms. The van der Waals surface area contributed by atoms with Crippen molar-refractivity contribution in [1.82, 2.24) is 20.2 Å². The van der Waals surface area contributed by atoms with Crippen LogP contribution in [0.5, 0.6) is 11.5 Å². The summed E-state index contributed by atoms with van der Waals surface area (Å²) in [7, 11) is 1.94. The fourth-order valence-electron chi connectivity index (χ4n) is 4.35. The number of thiophene rings is 1. The Morgan fingerprint density at radius 1 is 1.05 bits per heavy atom. The predicted octanol–water partition coefficient (Wildman–Crippen LogP) is 6.08. The third-order valence-electron chi connectivity index (χ3n) is 6.54. The molecule has 0 radical (unpaired) electrons. The molecule has 0 aliphatic carbocycles. The molecule has 0 unspecified atom stereocenters. The number of likely N-dealkylation sites (N-methyl/N-ethyl adjacent to an activating group) is 1. The van der Waals surface area contributed by atoms with Crippen molar-refractivity contribution in [2.75, 3.05) is 25.5 Å². The summed E-state index contributed by atoms with van der Waals surface area (Å²) in [6.07, 6.45) is 3.62. The lowest BCUT2D eigenvalue weighted by Crippen LogP contribution is -2.35. The quantitative estimate of drug-likeness (QED) is 0.163. The summed E-state index contributed by atoms with van der Waals surface area (Å²) >= 11 is 6.71. The second-order valence-electron chi connectivity index (χ2n) is 10.1. The average Bonchev–Trinajstić information content (AvgIpc) is 3.41. The van der Waals surface area contributed by atoms with E-state index in [9.17, 15) is 4.79 Å². The fourth-order valence-corrected chi connectivity index (χ4v) is 5.62. The third kappa shape index (κ3) is 7.96. The monoisotopic (exact) mass is 615 g/mol. The minimum Gasteiger partial charge on any atom is -0.453 e. The summed E-state index contributed by atoms with van der Waals surface area (Å²) in [5.74, 6) is -0.349. The molecule has 0 saturated heterocycles. The van der Waals surface area contributed by atoms with Crippen molar-refractivity contribution in [2.24, 2.45) is 0 Å². The zero-order valence-corrected chi connectivity index (χ0v) is 25.3. The maximum absolute atomic E-state index is 15.1. The number of carbonyl (C=O) groups is 1. The van der Waals surface area contributed by atoms with Crippen LogP contribution < -0.4 is 15.4 Å². The summed E-state index contributed by atoms with van der Waals surface area (Å²) in [4.78, 5) is 24.3. The Hall–Kier alpha value is -4.29. The van der Waals surface area contributed by atoms with Crippen LogP contribution in [0.2, 0.25) is 0 Å². The van der Waals surface area contributed by atoms with Gasteiger partial charge < -0.3 is 20.5 Å². The van der Waals surface area contributed by atoms with Crippen LogP contribution in [0.25, 0.3) is 20.8 Å². The van der Waals surface area contributed by atoms with Crippen molar-refractivity contribution in [3.05, 3.63) is 102 Å². The predicted molar refractivity (Wildman–Crippen MR) is 172 cm³/mol. The molecule has 0 fully saturated rings. The number of carbonyl (C=O) groups excluding carboxylic acids is 1. The second-order valence-corrected chi connectivity index (χ2v) is 11.5. The Morgan fingerprint density at radius 3 is 2.56 bits per heavy atom. The number of aliphatic hydroxyl groups excluding tert-OH is 1. The maximum atomic E-state index is 15.1. The Bertz CT molecular complexity index is 1740. The molecular weight excluding hydrogens is 586 g/mol. The van der Waals surface area contributed by atoms with Gasteiger partial charge in [-0.1, -0.05) is 35.9 Å². The van der Waals surface area contributed by atoms with Crippen LogP contribution >= 0.6 is 23.6 Å². The van der Waals surface area contributed by atoms with Crippen molar-refractivity contribution >= 4 is 50.5 Å². The second kappa shape index (κ2) is 13.8. The summed E-state index contributed by atoms with van der Waals surface area (Å²) in [5.41, 5.74) is 4.92. The molecule has 1 amide bonds. The molecule has 0 saturated carbocycles. The molecule has 8 nitrogen and oxygen atoms in total. The molecule has 3 N–H and O–H groups in total. The molecule has 3 aromatic heterocycles. The Labute approximate surface area is 258 Å². The number of nitrogens with one attached hydrogen (secondary N) is 2. The highest BCUT2D eigenvalue weighted by Crippen LogP contribution is 2.39. The molecule has 0 aliphatic heterocycles. The van der Waals surface area contributed by atoms with Crippen molar-refractivity contribution < 1.29 is 19.0 Å². The Kier molecular flexibility index (Phi) is 9.68. The number of anilines is 1. The van der Waals surface area contributed by atoms with Gasteiger partial charge in [0.1, 0.15) is 5.75 Å². The van der Waals surface area contributed by atoms with Gasteiger partial charge in [-0.25, -0.2) is 4.39 Å². The van der Waals surface area contributed by atoms with Gasteiger partial charge in [0.2, 0.25) is 5.91 Å². The van der Waals surface area contributed by atoms with Crippen LogP contribution in [-0.2, 0) is 17.8 Å². The summed E-state index contributed by atoms with van der Waals surface area (Å²) in [5, 5.41) is 14.7. The van der Waals surface area contributed by atoms with Gasteiger partial charge in [0.05, 0.1) is 33.8 Å². The van der Waals surface area contributed by atoms with Gasteiger partial charge >= 0.3 is 0 Å². The van der Waals surface area contributed by atoms with E-state index in [4.69, 9.17) is 22.1 Å². The van der Waals surface area contributed by atoms with Crippen LogP contribution in [0.1, 0.15) is 16.7 Å². The number of nitrogens with zero attached hydrogens (tertiary/aromatic N) is 3. The lowest BCUT2D eigenvalue weighted by molar-refractivity contribution is -0.119. The number of hydrogen-bond donors (Lipinski definition) is 3. The highest BCUT2D eigenvalue weighted by Gasteiger charge is 2.15. The summed E-state index contributed by atoms with van der Waals surface area (Å²) in [6.45, 7) is 3.37. The van der Waals surface area contributed by atoms with Crippen LogP contribution in [0.15, 0.2) is 79.1 Å². The standard InChI is InChI=1S/C32H30FN5O3S2/c1-20-3-5-21(6-4-20)15-30(40)37-32(42)36-23-8-10-27(24(33)16-23)41-28-11-12-34-26-17-29(43-31(26)28)25-9-7-22(18-35-25)19-38(2)13-14-39/h3-12,16-18,39H,13-15,19H2,1-2H3,(H2,36,37,40,42). The first-order chi connectivity index (χ1) is 20.8. The number of hydrogen-bond acceptors (Lipinski definition) is 8. The van der Waals surface area contributed by atoms with E-state index in [1.807, 2.05) is 67.5 Å². The number of pyridine rings is 2. The number of aliphatic hydroxyl groups is 1. The van der Waals surface area contributed by atoms with Gasteiger partial charge in [-0.15, -0.1) is 11.3 Å². The first-order valence-electron chi connectivity index (χ1n) is 13.5. The van der Waals surface area contributed by atoms with Crippen molar-refractivity contribution in [3.63, 3.8) is 0 Å². The molecule has 3 heterocycles. The van der Waals surface area contributed by atoms with Crippen molar-refractivity contribution in [3.8, 4) is 22.1 Å². The SMILES string of the molecule is Cc1ccc(CC(=O)NC(=S)Nc2ccc(Oc3ccnc4cc(-c5ccc(CN(C)CCO)cn5)sc34)c(F)c2)cc1. The lowest BCUT2D eigenvalue weighted by atomic mass is 10.1. The molecule has 0 spiro atoms. The van der Waals surface area contributed by atoms with Crippen molar-refractivity contribution in [2.45, 2.75) is 19.9 Å². The van der Waals surface area contributed by atoms with E-state index >= 15 is 4.39 Å². The Morgan fingerprint density at radius 2 is 1.84 bits per heavy atom. The van der Waals surface area contributed by atoms with Gasteiger partial charge in [0, 0.05) is 43.3 Å². The van der Waals surface area contributed by atoms with Crippen LogP contribution in [0.4, 0.5) is 10.1 Å². The maximum Gasteiger partial charge on any atom is 0.230 e.